The molecule has 0 aromatic carbocycles. The van der Waals surface area contributed by atoms with Crippen molar-refractivity contribution in [2.75, 3.05) is 45.0 Å². The summed E-state index contributed by atoms with van der Waals surface area (Å²) in [6, 6.07) is -0.320. The molecule has 0 radical (unpaired) electrons. The van der Waals surface area contributed by atoms with Gasteiger partial charge in [-0.25, -0.2) is 13.2 Å². The maximum Gasteiger partial charge on any atom is 0.317 e. The van der Waals surface area contributed by atoms with Crippen LogP contribution in [0.25, 0.3) is 0 Å². The number of nitrogens with zero attached hydrogens (tertiary/aromatic N) is 3. The molecule has 0 aromatic heterocycles. The Kier molecular flexibility index (Phi) is 5.85. The fourth-order valence-corrected chi connectivity index (χ4v) is 4.01. The van der Waals surface area contributed by atoms with Crippen LogP contribution in [-0.2, 0) is 14.8 Å². The van der Waals surface area contributed by atoms with E-state index >= 15 is 0 Å². The Hall–Kier alpha value is -1.35. The number of hydrogen-bond acceptors (Lipinski definition) is 4. The maximum absolute atomic E-state index is 12.2. The number of carbonyl (C=O) groups excluding carboxylic acids is 2. The van der Waals surface area contributed by atoms with Crippen LogP contribution in [0.4, 0.5) is 4.79 Å². The third-order valence-electron chi connectivity index (χ3n) is 4.32. The minimum atomic E-state index is -3.18. The van der Waals surface area contributed by atoms with Crippen molar-refractivity contribution in [3.05, 3.63) is 0 Å². The first-order valence-electron chi connectivity index (χ1n) is 8.14. The van der Waals surface area contributed by atoms with Gasteiger partial charge in [-0.05, 0) is 20.3 Å². The summed E-state index contributed by atoms with van der Waals surface area (Å²) in [7, 11) is -3.18. The van der Waals surface area contributed by atoms with Crippen molar-refractivity contribution in [2.24, 2.45) is 0 Å². The Bertz CT molecular complexity index is 543. The monoisotopic (exact) mass is 346 g/mol. The molecule has 8 nitrogen and oxygen atoms in total. The fraction of sp³-hybridized carbons (Fsp3) is 0.857. The van der Waals surface area contributed by atoms with Crippen LogP contribution >= 0.6 is 0 Å². The Labute approximate surface area is 137 Å². The van der Waals surface area contributed by atoms with E-state index in [0.717, 1.165) is 13.0 Å². The Balaban J connectivity index is 1.77. The summed E-state index contributed by atoms with van der Waals surface area (Å²) >= 11 is 0. The second-order valence-electron chi connectivity index (χ2n) is 6.08. The molecule has 3 amide bonds. The van der Waals surface area contributed by atoms with Crippen LogP contribution in [0.1, 0.15) is 26.7 Å². The first-order valence-corrected chi connectivity index (χ1v) is 9.75. The number of rotatable bonds is 5. The van der Waals surface area contributed by atoms with Crippen LogP contribution in [-0.4, -0.2) is 85.5 Å². The summed E-state index contributed by atoms with van der Waals surface area (Å²) < 4.78 is 25.0. The quantitative estimate of drug-likeness (QED) is 0.738. The fourth-order valence-electron chi connectivity index (χ4n) is 2.93. The first kappa shape index (κ1) is 18.0. The highest BCUT2D eigenvalue weighted by molar-refractivity contribution is 7.89. The molecule has 1 unspecified atom stereocenters. The molecule has 2 fully saturated rings. The standard InChI is InChI=1S/C14H26N4O4S/c1-3-23(21,22)18-9-7-16(8-10-18)14(20)15-12(2)11-17-6-4-5-13(17)19/h12H,3-11H2,1-2H3,(H,15,20). The van der Waals surface area contributed by atoms with Gasteiger partial charge in [-0.15, -0.1) is 0 Å². The molecular weight excluding hydrogens is 320 g/mol. The van der Waals surface area contributed by atoms with Crippen LogP contribution < -0.4 is 5.32 Å². The number of likely N-dealkylation sites (tertiary alicyclic amines) is 1. The number of amides is 3. The molecule has 2 heterocycles. The highest BCUT2D eigenvalue weighted by Gasteiger charge is 2.28. The van der Waals surface area contributed by atoms with E-state index in [2.05, 4.69) is 5.32 Å². The molecule has 0 aliphatic carbocycles. The highest BCUT2D eigenvalue weighted by atomic mass is 32.2. The van der Waals surface area contributed by atoms with Crippen molar-refractivity contribution in [3.8, 4) is 0 Å². The van der Waals surface area contributed by atoms with E-state index in [1.165, 1.54) is 4.31 Å². The number of carbonyl (C=O) groups is 2. The zero-order valence-corrected chi connectivity index (χ0v) is 14.6. The molecule has 2 rings (SSSR count). The second-order valence-corrected chi connectivity index (χ2v) is 8.34. The van der Waals surface area contributed by atoms with Crippen LogP contribution in [0.5, 0.6) is 0 Å². The van der Waals surface area contributed by atoms with Crippen LogP contribution in [0.3, 0.4) is 0 Å². The van der Waals surface area contributed by atoms with E-state index < -0.39 is 10.0 Å². The van der Waals surface area contributed by atoms with E-state index in [9.17, 15) is 18.0 Å². The Morgan fingerprint density at radius 2 is 1.87 bits per heavy atom. The highest BCUT2D eigenvalue weighted by Crippen LogP contribution is 2.11. The minimum absolute atomic E-state index is 0.0834. The first-order chi connectivity index (χ1) is 10.8. The third-order valence-corrected chi connectivity index (χ3v) is 6.20. The van der Waals surface area contributed by atoms with Crippen molar-refractivity contribution in [1.29, 1.82) is 0 Å². The summed E-state index contributed by atoms with van der Waals surface area (Å²) in [4.78, 5) is 27.2. The topological polar surface area (TPSA) is 90.0 Å². The number of piperazine rings is 1. The lowest BCUT2D eigenvalue weighted by Gasteiger charge is -2.34. The van der Waals surface area contributed by atoms with Gasteiger partial charge in [-0.1, -0.05) is 0 Å². The predicted octanol–water partition coefficient (Wildman–Crippen LogP) is -0.326. The molecule has 0 aromatic rings. The minimum Gasteiger partial charge on any atom is -0.341 e. The van der Waals surface area contributed by atoms with Gasteiger partial charge in [0, 0.05) is 51.7 Å². The average molecular weight is 346 g/mol. The average Bonchev–Trinajstić information content (AvgIpc) is 2.92. The molecule has 2 saturated heterocycles. The summed E-state index contributed by atoms with van der Waals surface area (Å²) in [6.07, 6.45) is 1.47. The number of hydrogen-bond donors (Lipinski definition) is 1. The van der Waals surface area contributed by atoms with E-state index in [1.54, 1.807) is 16.7 Å². The van der Waals surface area contributed by atoms with Crippen molar-refractivity contribution < 1.29 is 18.0 Å². The zero-order valence-electron chi connectivity index (χ0n) is 13.8. The molecule has 2 aliphatic rings. The second kappa shape index (κ2) is 7.48. The normalized spacial score (nSPS) is 21.6. The number of urea groups is 1. The lowest BCUT2D eigenvalue weighted by molar-refractivity contribution is -0.127. The summed E-state index contributed by atoms with van der Waals surface area (Å²) in [5, 5.41) is 2.89. The molecule has 1 N–H and O–H groups in total. The number of nitrogens with one attached hydrogen (secondary N) is 1. The third kappa shape index (κ3) is 4.57. The van der Waals surface area contributed by atoms with E-state index in [4.69, 9.17) is 0 Å². The molecule has 23 heavy (non-hydrogen) atoms. The van der Waals surface area contributed by atoms with Gasteiger partial charge < -0.3 is 15.1 Å². The van der Waals surface area contributed by atoms with Crippen molar-refractivity contribution in [2.45, 2.75) is 32.7 Å². The van der Waals surface area contributed by atoms with Gasteiger partial charge in [-0.2, -0.15) is 4.31 Å². The van der Waals surface area contributed by atoms with Crippen LogP contribution in [0, 0.1) is 0 Å². The van der Waals surface area contributed by atoms with Gasteiger partial charge in [-0.3, -0.25) is 4.79 Å². The summed E-state index contributed by atoms with van der Waals surface area (Å²) in [6.45, 7) is 6.23. The maximum atomic E-state index is 12.2. The number of sulfonamides is 1. The molecule has 1 atom stereocenters. The van der Waals surface area contributed by atoms with Gasteiger partial charge in [0.05, 0.1) is 5.75 Å². The SMILES string of the molecule is CCS(=O)(=O)N1CCN(C(=O)NC(C)CN2CCCC2=O)CC1. The molecule has 0 saturated carbocycles. The zero-order chi connectivity index (χ0) is 17.0. The lowest BCUT2D eigenvalue weighted by Crippen LogP contribution is -2.55. The van der Waals surface area contributed by atoms with Crippen LogP contribution in [0.2, 0.25) is 0 Å². The largest absolute Gasteiger partial charge is 0.341 e. The van der Waals surface area contributed by atoms with Gasteiger partial charge in [0.2, 0.25) is 15.9 Å². The van der Waals surface area contributed by atoms with Gasteiger partial charge in [0.25, 0.3) is 0 Å². The molecule has 0 bridgehead atoms. The van der Waals surface area contributed by atoms with Crippen molar-refractivity contribution >= 4 is 22.0 Å². The molecule has 132 valence electrons. The summed E-state index contributed by atoms with van der Waals surface area (Å²) in [5.41, 5.74) is 0. The van der Waals surface area contributed by atoms with Gasteiger partial charge in [0.1, 0.15) is 0 Å². The van der Waals surface area contributed by atoms with Crippen LogP contribution in [0.15, 0.2) is 0 Å². The van der Waals surface area contributed by atoms with Gasteiger partial charge in [0.15, 0.2) is 0 Å². The smallest absolute Gasteiger partial charge is 0.317 e. The molecule has 9 heteroatoms. The van der Waals surface area contributed by atoms with Crippen molar-refractivity contribution in [1.82, 2.24) is 19.4 Å². The van der Waals surface area contributed by atoms with Crippen molar-refractivity contribution in [3.63, 3.8) is 0 Å². The predicted molar refractivity (Wildman–Crippen MR) is 86.4 cm³/mol. The molecular formula is C14H26N4O4S. The summed E-state index contributed by atoms with van der Waals surface area (Å²) in [5.74, 6) is 0.226. The van der Waals surface area contributed by atoms with E-state index in [0.29, 0.717) is 39.1 Å². The molecule has 0 spiro atoms. The van der Waals surface area contributed by atoms with Gasteiger partial charge >= 0.3 is 6.03 Å². The Morgan fingerprint density at radius 1 is 1.22 bits per heavy atom. The Morgan fingerprint density at radius 3 is 2.39 bits per heavy atom. The molecule has 2 aliphatic heterocycles. The lowest BCUT2D eigenvalue weighted by atomic mass is 10.3. The van der Waals surface area contributed by atoms with E-state index in [-0.39, 0.29) is 23.7 Å². The van der Waals surface area contributed by atoms with E-state index in [1.807, 2.05) is 6.92 Å².